The van der Waals surface area contributed by atoms with Crippen molar-refractivity contribution in [1.29, 1.82) is 0 Å². The van der Waals surface area contributed by atoms with E-state index in [-0.39, 0.29) is 11.3 Å². The molecular weight excluding hydrogens is 458 g/mol. The number of amides is 1. The summed E-state index contributed by atoms with van der Waals surface area (Å²) in [5.41, 5.74) is 4.14. The first-order valence-corrected chi connectivity index (χ1v) is 11.4. The fourth-order valence-electron chi connectivity index (χ4n) is 4.57. The van der Waals surface area contributed by atoms with Gasteiger partial charge in [-0.3, -0.25) is 19.3 Å². The smallest absolute Gasteiger partial charge is 0.308 e. The number of hydrogen-bond acceptors (Lipinski definition) is 6. The standard InChI is InChI=1S/C29H27NO6/c1-16-12-17(2)14-22(13-16)30-26(20-6-9-23(10-7-20)36-19(4)31)25(28(33)29(30)34)27(32)21-8-11-24(35-5)18(3)15-21/h6-15,26,32H,1-5H3/b27-25-. The molecule has 3 aromatic carbocycles. The molecule has 184 valence electrons. The van der Waals surface area contributed by atoms with Crippen molar-refractivity contribution in [3.8, 4) is 11.5 Å². The molecule has 1 amide bonds. The van der Waals surface area contributed by atoms with Crippen LogP contribution in [-0.4, -0.2) is 29.9 Å². The maximum atomic E-state index is 13.4. The van der Waals surface area contributed by atoms with Gasteiger partial charge in [-0.25, -0.2) is 0 Å². The maximum absolute atomic E-state index is 13.4. The molecule has 1 atom stereocenters. The van der Waals surface area contributed by atoms with Crippen LogP contribution in [-0.2, 0) is 14.4 Å². The number of nitrogens with zero attached hydrogens (tertiary/aromatic N) is 1. The number of anilines is 1. The minimum absolute atomic E-state index is 0.0241. The van der Waals surface area contributed by atoms with Crippen LogP contribution in [0.15, 0.2) is 66.2 Å². The monoisotopic (exact) mass is 485 g/mol. The molecule has 3 aromatic rings. The van der Waals surface area contributed by atoms with Crippen molar-refractivity contribution in [2.75, 3.05) is 12.0 Å². The highest BCUT2D eigenvalue weighted by Crippen LogP contribution is 2.43. The van der Waals surface area contributed by atoms with Crippen molar-refractivity contribution in [3.05, 3.63) is 94.1 Å². The van der Waals surface area contributed by atoms with E-state index < -0.39 is 23.7 Å². The van der Waals surface area contributed by atoms with Crippen LogP contribution >= 0.6 is 0 Å². The van der Waals surface area contributed by atoms with Gasteiger partial charge in [0.25, 0.3) is 11.7 Å². The Kier molecular flexibility index (Phi) is 6.66. The summed E-state index contributed by atoms with van der Waals surface area (Å²) >= 11 is 0. The van der Waals surface area contributed by atoms with Gasteiger partial charge in [-0.1, -0.05) is 18.2 Å². The van der Waals surface area contributed by atoms with Gasteiger partial charge in [-0.2, -0.15) is 0 Å². The lowest BCUT2D eigenvalue weighted by Crippen LogP contribution is -2.29. The third kappa shape index (κ3) is 4.60. The molecule has 7 heteroatoms. The first kappa shape index (κ1) is 24.7. The van der Waals surface area contributed by atoms with Crippen molar-refractivity contribution >= 4 is 29.1 Å². The van der Waals surface area contributed by atoms with Crippen LogP contribution in [0.3, 0.4) is 0 Å². The number of benzene rings is 3. The second-order valence-corrected chi connectivity index (χ2v) is 8.86. The largest absolute Gasteiger partial charge is 0.507 e. The number of ether oxygens (including phenoxy) is 2. The Balaban J connectivity index is 1.92. The van der Waals surface area contributed by atoms with E-state index in [1.165, 1.54) is 11.8 Å². The molecule has 0 aliphatic carbocycles. The van der Waals surface area contributed by atoms with Gasteiger partial charge in [0.05, 0.1) is 18.7 Å². The van der Waals surface area contributed by atoms with Gasteiger partial charge in [0.15, 0.2) is 0 Å². The van der Waals surface area contributed by atoms with Crippen molar-refractivity contribution < 1.29 is 29.0 Å². The van der Waals surface area contributed by atoms with E-state index in [0.29, 0.717) is 28.3 Å². The molecule has 0 bridgehead atoms. The van der Waals surface area contributed by atoms with Gasteiger partial charge in [0.2, 0.25) is 0 Å². The quantitative estimate of drug-likeness (QED) is 0.176. The average molecular weight is 486 g/mol. The number of carbonyl (C=O) groups is 3. The Labute approximate surface area is 209 Å². The molecule has 1 unspecified atom stereocenters. The number of aliphatic hydroxyl groups excluding tert-OH is 1. The summed E-state index contributed by atoms with van der Waals surface area (Å²) in [5, 5.41) is 11.3. The summed E-state index contributed by atoms with van der Waals surface area (Å²) < 4.78 is 10.4. The number of ketones is 1. The van der Waals surface area contributed by atoms with Gasteiger partial charge in [-0.15, -0.1) is 0 Å². The fourth-order valence-corrected chi connectivity index (χ4v) is 4.57. The van der Waals surface area contributed by atoms with E-state index in [1.807, 2.05) is 39.0 Å². The number of esters is 1. The van der Waals surface area contributed by atoms with E-state index in [9.17, 15) is 19.5 Å². The zero-order valence-electron chi connectivity index (χ0n) is 20.8. The Morgan fingerprint density at radius 1 is 0.917 bits per heavy atom. The summed E-state index contributed by atoms with van der Waals surface area (Å²) in [6.45, 7) is 6.96. The molecular formula is C29H27NO6. The Morgan fingerprint density at radius 2 is 1.56 bits per heavy atom. The number of carbonyl (C=O) groups excluding carboxylic acids is 3. The lowest BCUT2D eigenvalue weighted by Gasteiger charge is -2.26. The predicted molar refractivity (Wildman–Crippen MR) is 136 cm³/mol. The highest BCUT2D eigenvalue weighted by molar-refractivity contribution is 6.51. The second kappa shape index (κ2) is 9.70. The minimum atomic E-state index is -0.889. The first-order chi connectivity index (χ1) is 17.1. The molecule has 4 rings (SSSR count). The van der Waals surface area contributed by atoms with Gasteiger partial charge in [0, 0.05) is 18.2 Å². The van der Waals surface area contributed by atoms with Gasteiger partial charge in [0.1, 0.15) is 17.3 Å². The third-order valence-corrected chi connectivity index (χ3v) is 6.05. The van der Waals surface area contributed by atoms with E-state index in [2.05, 4.69) is 0 Å². The molecule has 36 heavy (non-hydrogen) atoms. The average Bonchev–Trinajstić information content (AvgIpc) is 3.08. The summed E-state index contributed by atoms with van der Waals surface area (Å²) in [5.74, 6) is -1.28. The summed E-state index contributed by atoms with van der Waals surface area (Å²) in [6.07, 6.45) is 0. The summed E-state index contributed by atoms with van der Waals surface area (Å²) in [7, 11) is 1.55. The number of hydrogen-bond donors (Lipinski definition) is 1. The second-order valence-electron chi connectivity index (χ2n) is 8.86. The van der Waals surface area contributed by atoms with Crippen LogP contribution in [0.4, 0.5) is 5.69 Å². The molecule has 1 fully saturated rings. The van der Waals surface area contributed by atoms with Crippen LogP contribution in [0, 0.1) is 20.8 Å². The van der Waals surface area contributed by atoms with E-state index >= 15 is 0 Å². The van der Waals surface area contributed by atoms with Crippen molar-refractivity contribution in [3.63, 3.8) is 0 Å². The zero-order valence-corrected chi connectivity index (χ0v) is 20.8. The maximum Gasteiger partial charge on any atom is 0.308 e. The SMILES string of the molecule is COc1ccc(/C(O)=C2/C(=O)C(=O)N(c3cc(C)cc(C)c3)C2c2ccc(OC(C)=O)cc2)cc1C. The zero-order chi connectivity index (χ0) is 26.1. The Hall–Kier alpha value is -4.39. The van der Waals surface area contributed by atoms with Crippen LogP contribution in [0.1, 0.15) is 40.8 Å². The topological polar surface area (TPSA) is 93.1 Å². The van der Waals surface area contributed by atoms with Crippen molar-refractivity contribution in [2.45, 2.75) is 33.7 Å². The number of aryl methyl sites for hydroxylation is 3. The van der Waals surface area contributed by atoms with Crippen molar-refractivity contribution in [2.24, 2.45) is 0 Å². The number of rotatable bonds is 5. The predicted octanol–water partition coefficient (Wildman–Crippen LogP) is 5.17. The van der Waals surface area contributed by atoms with E-state index in [4.69, 9.17) is 9.47 Å². The molecule has 1 aliphatic heterocycles. The molecule has 0 radical (unpaired) electrons. The fraction of sp³-hybridized carbons (Fsp3) is 0.207. The Bertz CT molecular complexity index is 1380. The molecule has 1 aliphatic rings. The molecule has 0 saturated carbocycles. The summed E-state index contributed by atoms with van der Waals surface area (Å²) in [4.78, 5) is 39.5. The molecule has 1 N–H and O–H groups in total. The molecule has 1 saturated heterocycles. The van der Waals surface area contributed by atoms with E-state index in [0.717, 1.165) is 16.7 Å². The Morgan fingerprint density at radius 3 is 2.11 bits per heavy atom. The van der Waals surface area contributed by atoms with Crippen LogP contribution < -0.4 is 14.4 Å². The number of Topliss-reactive ketones (excluding diaryl/α,β-unsaturated/α-hetero) is 1. The molecule has 0 aromatic heterocycles. The molecule has 7 nitrogen and oxygen atoms in total. The van der Waals surface area contributed by atoms with Crippen LogP contribution in [0.25, 0.3) is 5.76 Å². The lowest BCUT2D eigenvalue weighted by atomic mass is 9.94. The third-order valence-electron chi connectivity index (χ3n) is 6.05. The summed E-state index contributed by atoms with van der Waals surface area (Å²) in [6, 6.07) is 16.3. The normalized spacial score (nSPS) is 16.8. The van der Waals surface area contributed by atoms with Gasteiger partial charge < -0.3 is 14.6 Å². The first-order valence-electron chi connectivity index (χ1n) is 11.4. The molecule has 0 spiro atoms. The number of aliphatic hydroxyl groups is 1. The van der Waals surface area contributed by atoms with Crippen LogP contribution in [0.5, 0.6) is 11.5 Å². The highest BCUT2D eigenvalue weighted by atomic mass is 16.5. The van der Waals surface area contributed by atoms with Crippen molar-refractivity contribution in [1.82, 2.24) is 0 Å². The highest BCUT2D eigenvalue weighted by Gasteiger charge is 2.47. The minimum Gasteiger partial charge on any atom is -0.507 e. The molecule has 1 heterocycles. The lowest BCUT2D eigenvalue weighted by molar-refractivity contribution is -0.132. The van der Waals surface area contributed by atoms with E-state index in [1.54, 1.807) is 49.6 Å². The van der Waals surface area contributed by atoms with Gasteiger partial charge >= 0.3 is 5.97 Å². The number of methoxy groups -OCH3 is 1. The van der Waals surface area contributed by atoms with Crippen LogP contribution in [0.2, 0.25) is 0 Å². The van der Waals surface area contributed by atoms with Gasteiger partial charge in [-0.05, 0) is 85.5 Å².